The zero-order chi connectivity index (χ0) is 13.1. The SMILES string of the molecule is CCc1ccc(C(C)(C)CCNC(C)(C)C)s1. The monoisotopic (exact) mass is 253 g/mol. The quantitative estimate of drug-likeness (QED) is 0.822. The molecule has 0 aromatic carbocycles. The summed E-state index contributed by atoms with van der Waals surface area (Å²) in [6.07, 6.45) is 2.34. The van der Waals surface area contributed by atoms with E-state index in [2.05, 4.69) is 59.0 Å². The molecular formula is C15H27NS. The third-order valence-electron chi connectivity index (χ3n) is 3.08. The lowest BCUT2D eigenvalue weighted by atomic mass is 9.87. The zero-order valence-electron chi connectivity index (χ0n) is 12.2. The predicted octanol–water partition coefficient (Wildman–Crippen LogP) is 4.37. The summed E-state index contributed by atoms with van der Waals surface area (Å²) in [5, 5.41) is 3.57. The van der Waals surface area contributed by atoms with Crippen molar-refractivity contribution in [2.24, 2.45) is 0 Å². The van der Waals surface area contributed by atoms with Crippen LogP contribution in [-0.4, -0.2) is 12.1 Å². The van der Waals surface area contributed by atoms with E-state index in [9.17, 15) is 0 Å². The van der Waals surface area contributed by atoms with Gasteiger partial charge in [-0.2, -0.15) is 0 Å². The zero-order valence-corrected chi connectivity index (χ0v) is 13.0. The summed E-state index contributed by atoms with van der Waals surface area (Å²) in [5.41, 5.74) is 0.510. The van der Waals surface area contributed by atoms with Crippen molar-refractivity contribution in [3.8, 4) is 0 Å². The Labute approximate surface area is 111 Å². The number of thiophene rings is 1. The van der Waals surface area contributed by atoms with Gasteiger partial charge in [0.15, 0.2) is 0 Å². The van der Waals surface area contributed by atoms with Gasteiger partial charge in [0.2, 0.25) is 0 Å². The van der Waals surface area contributed by atoms with Gasteiger partial charge in [-0.1, -0.05) is 20.8 Å². The van der Waals surface area contributed by atoms with E-state index in [1.54, 1.807) is 0 Å². The normalized spacial score (nSPS) is 13.1. The minimum atomic E-state index is 0.222. The van der Waals surface area contributed by atoms with Crippen molar-refractivity contribution in [2.45, 2.75) is 65.3 Å². The fraction of sp³-hybridized carbons (Fsp3) is 0.733. The van der Waals surface area contributed by atoms with Crippen LogP contribution in [0.2, 0.25) is 0 Å². The second-order valence-corrected chi connectivity index (χ2v) is 7.60. The van der Waals surface area contributed by atoms with Crippen molar-refractivity contribution in [3.05, 3.63) is 21.9 Å². The highest BCUT2D eigenvalue weighted by Crippen LogP contribution is 2.32. The first-order chi connectivity index (χ1) is 7.74. The van der Waals surface area contributed by atoms with Crippen LogP contribution in [0.1, 0.15) is 57.7 Å². The molecular weight excluding hydrogens is 226 g/mol. The van der Waals surface area contributed by atoms with Crippen molar-refractivity contribution in [3.63, 3.8) is 0 Å². The summed E-state index contributed by atoms with van der Waals surface area (Å²) in [6.45, 7) is 14.7. The molecule has 1 nitrogen and oxygen atoms in total. The topological polar surface area (TPSA) is 12.0 Å². The first kappa shape index (κ1) is 14.7. The van der Waals surface area contributed by atoms with Crippen molar-refractivity contribution >= 4 is 11.3 Å². The van der Waals surface area contributed by atoms with E-state index in [1.165, 1.54) is 16.2 Å². The third kappa shape index (κ3) is 4.81. The maximum Gasteiger partial charge on any atom is 0.0105 e. The molecule has 1 heterocycles. The average molecular weight is 253 g/mol. The van der Waals surface area contributed by atoms with E-state index >= 15 is 0 Å². The van der Waals surface area contributed by atoms with E-state index in [-0.39, 0.29) is 11.0 Å². The maximum absolute atomic E-state index is 3.57. The van der Waals surface area contributed by atoms with Gasteiger partial charge in [-0.15, -0.1) is 11.3 Å². The molecule has 0 amide bonds. The molecule has 0 radical (unpaired) electrons. The van der Waals surface area contributed by atoms with Gasteiger partial charge in [0.05, 0.1) is 0 Å². The van der Waals surface area contributed by atoms with Crippen LogP contribution in [0.3, 0.4) is 0 Å². The number of rotatable bonds is 5. The molecule has 0 atom stereocenters. The van der Waals surface area contributed by atoms with Crippen LogP contribution >= 0.6 is 11.3 Å². The molecule has 98 valence electrons. The molecule has 1 N–H and O–H groups in total. The van der Waals surface area contributed by atoms with E-state index in [0.717, 1.165) is 13.0 Å². The lowest BCUT2D eigenvalue weighted by Gasteiger charge is -2.27. The summed E-state index contributed by atoms with van der Waals surface area (Å²) in [4.78, 5) is 3.02. The van der Waals surface area contributed by atoms with Crippen LogP contribution in [0.15, 0.2) is 12.1 Å². The van der Waals surface area contributed by atoms with Gasteiger partial charge in [-0.05, 0) is 52.3 Å². The highest BCUT2D eigenvalue weighted by Gasteiger charge is 2.22. The highest BCUT2D eigenvalue weighted by atomic mass is 32.1. The van der Waals surface area contributed by atoms with Gasteiger partial charge in [0.25, 0.3) is 0 Å². The minimum Gasteiger partial charge on any atom is -0.312 e. The first-order valence-electron chi connectivity index (χ1n) is 6.59. The Morgan fingerprint density at radius 3 is 2.24 bits per heavy atom. The molecule has 0 saturated carbocycles. The summed E-state index contributed by atoms with van der Waals surface area (Å²) in [7, 11) is 0. The summed E-state index contributed by atoms with van der Waals surface area (Å²) in [5.74, 6) is 0. The van der Waals surface area contributed by atoms with Gasteiger partial charge in [-0.3, -0.25) is 0 Å². The molecule has 0 saturated heterocycles. The van der Waals surface area contributed by atoms with Crippen molar-refractivity contribution in [1.82, 2.24) is 5.32 Å². The van der Waals surface area contributed by atoms with Crippen LogP contribution in [0.25, 0.3) is 0 Å². The smallest absolute Gasteiger partial charge is 0.0105 e. The van der Waals surface area contributed by atoms with Crippen LogP contribution in [0.4, 0.5) is 0 Å². The number of hydrogen-bond donors (Lipinski definition) is 1. The Bertz CT molecular complexity index is 344. The van der Waals surface area contributed by atoms with Gasteiger partial charge in [0.1, 0.15) is 0 Å². The predicted molar refractivity (Wildman–Crippen MR) is 79.1 cm³/mol. The Morgan fingerprint density at radius 2 is 1.76 bits per heavy atom. The molecule has 1 aromatic rings. The minimum absolute atomic E-state index is 0.222. The highest BCUT2D eigenvalue weighted by molar-refractivity contribution is 7.12. The van der Waals surface area contributed by atoms with E-state index in [4.69, 9.17) is 0 Å². The third-order valence-corrected chi connectivity index (χ3v) is 4.68. The molecule has 1 rings (SSSR count). The number of aryl methyl sites for hydroxylation is 1. The molecule has 2 heteroatoms. The molecule has 17 heavy (non-hydrogen) atoms. The maximum atomic E-state index is 3.57. The van der Waals surface area contributed by atoms with Crippen molar-refractivity contribution in [1.29, 1.82) is 0 Å². The van der Waals surface area contributed by atoms with Crippen LogP contribution < -0.4 is 5.32 Å². The van der Waals surface area contributed by atoms with Crippen LogP contribution in [0, 0.1) is 0 Å². The summed E-state index contributed by atoms with van der Waals surface area (Å²) in [6, 6.07) is 4.58. The molecule has 0 bridgehead atoms. The fourth-order valence-electron chi connectivity index (χ4n) is 1.80. The molecule has 1 aromatic heterocycles. The van der Waals surface area contributed by atoms with E-state index in [1.807, 2.05) is 11.3 Å². The van der Waals surface area contributed by atoms with Gasteiger partial charge >= 0.3 is 0 Å². The lowest BCUT2D eigenvalue weighted by molar-refractivity contribution is 0.382. The molecule has 0 aliphatic rings. The van der Waals surface area contributed by atoms with Crippen molar-refractivity contribution in [2.75, 3.05) is 6.54 Å². The summed E-state index contributed by atoms with van der Waals surface area (Å²) >= 11 is 1.97. The number of hydrogen-bond acceptors (Lipinski definition) is 2. The van der Waals surface area contributed by atoms with Gasteiger partial charge in [0, 0.05) is 20.7 Å². The molecule has 0 aliphatic heterocycles. The molecule has 0 aliphatic carbocycles. The molecule has 0 spiro atoms. The second kappa shape index (κ2) is 5.53. The first-order valence-corrected chi connectivity index (χ1v) is 7.40. The Morgan fingerprint density at radius 1 is 1.12 bits per heavy atom. The number of nitrogens with one attached hydrogen (secondary N) is 1. The summed E-state index contributed by atoms with van der Waals surface area (Å²) < 4.78 is 0. The van der Waals surface area contributed by atoms with E-state index < -0.39 is 0 Å². The standard InChI is InChI=1S/C15H27NS/c1-7-12-8-9-13(17-12)15(5,6)10-11-16-14(2,3)4/h8-9,16H,7,10-11H2,1-6H3. The van der Waals surface area contributed by atoms with Gasteiger partial charge < -0.3 is 5.32 Å². The Balaban J connectivity index is 2.56. The molecule has 0 unspecified atom stereocenters. The van der Waals surface area contributed by atoms with Crippen molar-refractivity contribution < 1.29 is 0 Å². The Hall–Kier alpha value is -0.340. The van der Waals surface area contributed by atoms with Gasteiger partial charge in [-0.25, -0.2) is 0 Å². The Kier molecular flexibility index (Phi) is 4.79. The fourth-order valence-corrected chi connectivity index (χ4v) is 2.88. The lowest BCUT2D eigenvalue weighted by Crippen LogP contribution is -2.38. The largest absolute Gasteiger partial charge is 0.312 e. The van der Waals surface area contributed by atoms with Crippen LogP contribution in [0.5, 0.6) is 0 Å². The molecule has 0 fully saturated rings. The second-order valence-electron chi connectivity index (χ2n) is 6.43. The van der Waals surface area contributed by atoms with Crippen LogP contribution in [-0.2, 0) is 11.8 Å². The van der Waals surface area contributed by atoms with E-state index in [0.29, 0.717) is 0 Å². The average Bonchev–Trinajstić information content (AvgIpc) is 2.63.